The number of hydrogen-bond acceptors (Lipinski definition) is 7. The van der Waals surface area contributed by atoms with Crippen LogP contribution in [0, 0.1) is 6.92 Å². The van der Waals surface area contributed by atoms with E-state index in [1.54, 1.807) is 31.2 Å². The molecular formula is C25H26ClN3O7S2. The predicted molar refractivity (Wildman–Crippen MR) is 144 cm³/mol. The van der Waals surface area contributed by atoms with Crippen LogP contribution in [0.5, 0.6) is 0 Å². The lowest BCUT2D eigenvalue weighted by Gasteiger charge is -2.20. The Morgan fingerprint density at radius 1 is 0.868 bits per heavy atom. The van der Waals surface area contributed by atoms with Crippen LogP contribution in [0.4, 0.5) is 11.4 Å². The summed E-state index contributed by atoms with van der Waals surface area (Å²) in [7, 11) is -3.61. The van der Waals surface area contributed by atoms with Crippen LogP contribution < -0.4 is 9.62 Å². The van der Waals surface area contributed by atoms with Crippen LogP contribution in [0.2, 0.25) is 5.02 Å². The monoisotopic (exact) mass is 579 g/mol. The predicted octanol–water partition coefficient (Wildman–Crippen LogP) is 3.52. The Morgan fingerprint density at radius 2 is 1.53 bits per heavy atom. The fourth-order valence-electron chi connectivity index (χ4n) is 3.26. The number of rotatable bonds is 9. The molecule has 202 valence electrons. The summed E-state index contributed by atoms with van der Waals surface area (Å²) in [6.07, 6.45) is 0. The van der Waals surface area contributed by atoms with E-state index in [-0.39, 0.29) is 21.0 Å². The first kappa shape index (κ1) is 29.1. The zero-order valence-electron chi connectivity index (χ0n) is 21.0. The van der Waals surface area contributed by atoms with Gasteiger partial charge in [0, 0.05) is 31.9 Å². The van der Waals surface area contributed by atoms with Crippen LogP contribution in [-0.4, -0.2) is 60.8 Å². The molecule has 0 fully saturated rings. The summed E-state index contributed by atoms with van der Waals surface area (Å²) in [5.41, 5.74) is 1.10. The molecule has 0 radical (unpaired) electrons. The van der Waals surface area contributed by atoms with Crippen molar-refractivity contribution in [2.45, 2.75) is 16.7 Å². The van der Waals surface area contributed by atoms with Gasteiger partial charge in [-0.2, -0.15) is 0 Å². The van der Waals surface area contributed by atoms with E-state index in [4.69, 9.17) is 16.3 Å². The first-order valence-corrected chi connectivity index (χ1v) is 14.3. The van der Waals surface area contributed by atoms with Gasteiger partial charge in [0.05, 0.1) is 21.0 Å². The topological polar surface area (TPSA) is 130 Å². The summed E-state index contributed by atoms with van der Waals surface area (Å²) in [5.74, 6) is -1.62. The molecule has 0 saturated heterocycles. The molecule has 13 heteroatoms. The smallest absolute Gasteiger partial charge is 0.338 e. The van der Waals surface area contributed by atoms with Crippen molar-refractivity contribution < 1.29 is 31.2 Å². The molecule has 0 atom stereocenters. The highest BCUT2D eigenvalue weighted by molar-refractivity contribution is 7.92. The molecule has 0 aromatic heterocycles. The van der Waals surface area contributed by atoms with Crippen molar-refractivity contribution in [2.24, 2.45) is 0 Å². The maximum atomic E-state index is 13.1. The fraction of sp³-hybridized carbons (Fsp3) is 0.200. The summed E-state index contributed by atoms with van der Waals surface area (Å²) >= 11 is 5.97. The van der Waals surface area contributed by atoms with Gasteiger partial charge in [-0.25, -0.2) is 25.9 Å². The maximum absolute atomic E-state index is 13.1. The van der Waals surface area contributed by atoms with E-state index in [0.29, 0.717) is 16.3 Å². The molecule has 0 spiro atoms. The fourth-order valence-corrected chi connectivity index (χ4v) is 5.61. The summed E-state index contributed by atoms with van der Waals surface area (Å²) < 4.78 is 58.1. The third-order valence-electron chi connectivity index (χ3n) is 5.50. The highest BCUT2D eigenvalue weighted by atomic mass is 35.5. The summed E-state index contributed by atoms with van der Waals surface area (Å²) in [4.78, 5) is 24.8. The Kier molecular flexibility index (Phi) is 8.82. The molecule has 0 aliphatic carbocycles. The molecule has 1 N–H and O–H groups in total. The minimum Gasteiger partial charge on any atom is -0.452 e. The number of sulfonamides is 2. The first-order chi connectivity index (χ1) is 17.7. The van der Waals surface area contributed by atoms with E-state index in [1.807, 2.05) is 0 Å². The van der Waals surface area contributed by atoms with Crippen LogP contribution >= 0.6 is 11.6 Å². The molecular weight excluding hydrogens is 554 g/mol. The van der Waals surface area contributed by atoms with Crippen LogP contribution in [0.1, 0.15) is 15.9 Å². The van der Waals surface area contributed by atoms with E-state index in [0.717, 1.165) is 14.7 Å². The average Bonchev–Trinajstić information content (AvgIpc) is 2.87. The number of hydrogen-bond donors (Lipinski definition) is 1. The zero-order valence-corrected chi connectivity index (χ0v) is 23.4. The lowest BCUT2D eigenvalue weighted by Crippen LogP contribution is -2.27. The second-order valence-corrected chi connectivity index (χ2v) is 12.9. The van der Waals surface area contributed by atoms with E-state index in [9.17, 15) is 26.4 Å². The standard InChI is InChI=1S/C25H26ClN3O7S2/c1-17-11-12-22(37(32,33)28(2)3)15-23(17)27-24(30)16-36-25(31)18-7-5-10-21(13-18)38(34,35)29(4)20-9-6-8-19(26)14-20/h5-15H,16H2,1-4H3,(H,27,30). The van der Waals surface area contributed by atoms with Crippen molar-refractivity contribution in [3.8, 4) is 0 Å². The second-order valence-electron chi connectivity index (χ2n) is 8.37. The van der Waals surface area contributed by atoms with Gasteiger partial charge >= 0.3 is 5.97 Å². The quantitative estimate of drug-likeness (QED) is 0.384. The number of nitrogens with one attached hydrogen (secondary N) is 1. The Balaban J connectivity index is 1.71. The number of anilines is 2. The van der Waals surface area contributed by atoms with E-state index >= 15 is 0 Å². The number of aryl methyl sites for hydroxylation is 1. The van der Waals surface area contributed by atoms with Crippen molar-refractivity contribution in [3.63, 3.8) is 0 Å². The lowest BCUT2D eigenvalue weighted by molar-refractivity contribution is -0.119. The minimum atomic E-state index is -4.03. The summed E-state index contributed by atoms with van der Waals surface area (Å²) in [6, 6.07) is 15.8. The third kappa shape index (κ3) is 6.51. The lowest BCUT2D eigenvalue weighted by atomic mass is 10.2. The van der Waals surface area contributed by atoms with Crippen LogP contribution in [-0.2, 0) is 29.6 Å². The molecule has 10 nitrogen and oxygen atoms in total. The van der Waals surface area contributed by atoms with Gasteiger partial charge in [-0.15, -0.1) is 0 Å². The molecule has 3 rings (SSSR count). The molecule has 0 bridgehead atoms. The van der Waals surface area contributed by atoms with Gasteiger partial charge in [0.15, 0.2) is 6.61 Å². The Bertz CT molecular complexity index is 1590. The van der Waals surface area contributed by atoms with Crippen molar-refractivity contribution in [1.29, 1.82) is 0 Å². The second kappa shape index (κ2) is 11.5. The van der Waals surface area contributed by atoms with Crippen molar-refractivity contribution in [3.05, 3.63) is 82.9 Å². The summed E-state index contributed by atoms with van der Waals surface area (Å²) in [5, 5.41) is 2.89. The average molecular weight is 580 g/mol. The van der Waals surface area contributed by atoms with E-state index < -0.39 is 38.5 Å². The van der Waals surface area contributed by atoms with Crippen molar-refractivity contribution in [1.82, 2.24) is 4.31 Å². The molecule has 3 aromatic carbocycles. The van der Waals surface area contributed by atoms with Gasteiger partial charge in [-0.1, -0.05) is 29.8 Å². The number of halogens is 1. The van der Waals surface area contributed by atoms with Crippen molar-refractivity contribution in [2.75, 3.05) is 37.4 Å². The zero-order chi connectivity index (χ0) is 28.3. The SMILES string of the molecule is Cc1ccc(S(=O)(=O)N(C)C)cc1NC(=O)COC(=O)c1cccc(S(=O)(=O)N(C)c2cccc(Cl)c2)c1. The highest BCUT2D eigenvalue weighted by Crippen LogP contribution is 2.25. The van der Waals surface area contributed by atoms with E-state index in [1.165, 1.54) is 57.5 Å². The van der Waals surface area contributed by atoms with Crippen LogP contribution in [0.15, 0.2) is 76.5 Å². The largest absolute Gasteiger partial charge is 0.452 e. The Hall–Kier alpha value is -3.45. The normalized spacial score (nSPS) is 11.7. The molecule has 0 aliphatic rings. The molecule has 0 unspecified atom stereocenters. The van der Waals surface area contributed by atoms with E-state index in [2.05, 4.69) is 5.32 Å². The number of amides is 1. The number of benzene rings is 3. The van der Waals surface area contributed by atoms with Gasteiger partial charge < -0.3 is 10.1 Å². The number of ether oxygens (including phenoxy) is 1. The van der Waals surface area contributed by atoms with Crippen LogP contribution in [0.25, 0.3) is 0 Å². The number of esters is 1. The number of nitrogens with zero attached hydrogens (tertiary/aromatic N) is 2. The van der Waals surface area contributed by atoms with Gasteiger partial charge in [0.2, 0.25) is 10.0 Å². The number of carbonyl (C=O) groups excluding carboxylic acids is 2. The molecule has 3 aromatic rings. The number of carbonyl (C=O) groups is 2. The molecule has 0 saturated carbocycles. The highest BCUT2D eigenvalue weighted by Gasteiger charge is 2.23. The van der Waals surface area contributed by atoms with Gasteiger partial charge in [0.1, 0.15) is 0 Å². The maximum Gasteiger partial charge on any atom is 0.338 e. The molecule has 38 heavy (non-hydrogen) atoms. The van der Waals surface area contributed by atoms with Crippen LogP contribution in [0.3, 0.4) is 0 Å². The van der Waals surface area contributed by atoms with Gasteiger partial charge in [-0.05, 0) is 61.0 Å². The first-order valence-electron chi connectivity index (χ1n) is 11.1. The van der Waals surface area contributed by atoms with Gasteiger partial charge in [0.25, 0.3) is 15.9 Å². The Morgan fingerprint density at radius 3 is 2.18 bits per heavy atom. The molecule has 0 aliphatic heterocycles. The van der Waals surface area contributed by atoms with Gasteiger partial charge in [-0.3, -0.25) is 9.10 Å². The molecule has 0 heterocycles. The Labute approximate surface area is 226 Å². The minimum absolute atomic E-state index is 0.0128. The third-order valence-corrected chi connectivity index (χ3v) is 9.32. The molecule has 1 amide bonds. The van der Waals surface area contributed by atoms with Crippen molar-refractivity contribution >= 4 is 54.9 Å². The summed E-state index contributed by atoms with van der Waals surface area (Å²) in [6.45, 7) is 1.00.